The summed E-state index contributed by atoms with van der Waals surface area (Å²) >= 11 is 0. The summed E-state index contributed by atoms with van der Waals surface area (Å²) in [6.45, 7) is 2.74. The Labute approximate surface area is 104 Å². The van der Waals surface area contributed by atoms with Gasteiger partial charge in [0.25, 0.3) is 0 Å². The van der Waals surface area contributed by atoms with E-state index in [4.69, 9.17) is 0 Å². The van der Waals surface area contributed by atoms with E-state index in [1.54, 1.807) is 5.57 Å². The monoisotopic (exact) mass is 236 g/mol. The molecule has 17 heavy (non-hydrogen) atoms. The lowest BCUT2D eigenvalue weighted by Crippen LogP contribution is -2.40. The average Bonchev–Trinajstić information content (AvgIpc) is 2.41. The van der Waals surface area contributed by atoms with Gasteiger partial charge in [-0.15, -0.1) is 0 Å². The quantitative estimate of drug-likeness (QED) is 0.733. The smallest absolute Gasteiger partial charge is 0.224 e. The first kappa shape index (κ1) is 12.6. The Morgan fingerprint density at radius 3 is 3.06 bits per heavy atom. The minimum atomic E-state index is 0.198. The number of hydrogen-bond donors (Lipinski definition) is 2. The highest BCUT2D eigenvalue weighted by atomic mass is 16.1. The number of amides is 1. The van der Waals surface area contributed by atoms with Gasteiger partial charge in [-0.3, -0.25) is 4.79 Å². The van der Waals surface area contributed by atoms with E-state index in [1.807, 2.05) is 0 Å². The van der Waals surface area contributed by atoms with Crippen LogP contribution in [-0.4, -0.2) is 25.5 Å². The molecule has 0 spiro atoms. The van der Waals surface area contributed by atoms with Gasteiger partial charge in [0.2, 0.25) is 5.91 Å². The molecule has 2 aliphatic rings. The van der Waals surface area contributed by atoms with Crippen LogP contribution in [0.5, 0.6) is 0 Å². The summed E-state index contributed by atoms with van der Waals surface area (Å²) in [5, 5.41) is 6.36. The van der Waals surface area contributed by atoms with Crippen LogP contribution >= 0.6 is 0 Å². The zero-order valence-corrected chi connectivity index (χ0v) is 10.6. The summed E-state index contributed by atoms with van der Waals surface area (Å²) in [4.78, 5) is 11.9. The summed E-state index contributed by atoms with van der Waals surface area (Å²) in [6.07, 6.45) is 10.7. The molecular formula is C14H24N2O. The highest BCUT2D eigenvalue weighted by molar-refractivity contribution is 5.78. The van der Waals surface area contributed by atoms with Crippen LogP contribution in [0.4, 0.5) is 0 Å². The number of nitrogens with one attached hydrogen (secondary N) is 2. The van der Waals surface area contributed by atoms with Gasteiger partial charge >= 0.3 is 0 Å². The molecule has 1 atom stereocenters. The fraction of sp³-hybridized carbons (Fsp3) is 0.786. The van der Waals surface area contributed by atoms with E-state index in [0.29, 0.717) is 0 Å². The molecule has 1 heterocycles. The molecule has 0 aromatic heterocycles. The molecule has 2 rings (SSSR count). The fourth-order valence-corrected chi connectivity index (χ4v) is 2.70. The first-order chi connectivity index (χ1) is 8.36. The van der Waals surface area contributed by atoms with E-state index in [9.17, 15) is 4.79 Å². The maximum Gasteiger partial charge on any atom is 0.224 e. The Hall–Kier alpha value is -0.830. The third-order valence-corrected chi connectivity index (χ3v) is 3.80. The number of hydrogen-bond acceptors (Lipinski definition) is 2. The van der Waals surface area contributed by atoms with Crippen LogP contribution in [0, 0.1) is 5.92 Å². The normalized spacial score (nSPS) is 25.2. The second-order valence-electron chi connectivity index (χ2n) is 5.19. The Morgan fingerprint density at radius 2 is 2.35 bits per heavy atom. The highest BCUT2D eigenvalue weighted by Crippen LogP contribution is 2.19. The molecule has 2 N–H and O–H groups in total. The predicted molar refractivity (Wildman–Crippen MR) is 69.8 cm³/mol. The Morgan fingerprint density at radius 1 is 1.41 bits per heavy atom. The lowest BCUT2D eigenvalue weighted by Gasteiger charge is -2.22. The molecule has 0 aromatic rings. The van der Waals surface area contributed by atoms with Gasteiger partial charge in [0.15, 0.2) is 0 Å². The van der Waals surface area contributed by atoms with Crippen molar-refractivity contribution in [1.82, 2.24) is 10.6 Å². The van der Waals surface area contributed by atoms with Gasteiger partial charge < -0.3 is 10.6 Å². The van der Waals surface area contributed by atoms with Crippen molar-refractivity contribution in [2.75, 3.05) is 19.6 Å². The van der Waals surface area contributed by atoms with Crippen LogP contribution in [-0.2, 0) is 4.79 Å². The van der Waals surface area contributed by atoms with Gasteiger partial charge in [-0.25, -0.2) is 0 Å². The zero-order chi connectivity index (χ0) is 11.9. The Kier molecular flexibility index (Phi) is 5.05. The van der Waals surface area contributed by atoms with Crippen LogP contribution < -0.4 is 10.6 Å². The highest BCUT2D eigenvalue weighted by Gasteiger charge is 2.20. The van der Waals surface area contributed by atoms with Crippen molar-refractivity contribution in [1.29, 1.82) is 0 Å². The molecule has 1 saturated heterocycles. The van der Waals surface area contributed by atoms with Crippen molar-refractivity contribution in [2.24, 2.45) is 5.92 Å². The zero-order valence-electron chi connectivity index (χ0n) is 10.6. The Balaban J connectivity index is 1.63. The molecule has 3 nitrogen and oxygen atoms in total. The molecule has 0 unspecified atom stereocenters. The first-order valence-electron chi connectivity index (χ1n) is 7.02. The molecule has 0 radical (unpaired) electrons. The topological polar surface area (TPSA) is 41.1 Å². The molecule has 0 saturated carbocycles. The third-order valence-electron chi connectivity index (χ3n) is 3.80. The van der Waals surface area contributed by atoms with E-state index in [1.165, 1.54) is 25.7 Å². The van der Waals surface area contributed by atoms with Gasteiger partial charge in [-0.2, -0.15) is 0 Å². The van der Waals surface area contributed by atoms with Crippen LogP contribution in [0.25, 0.3) is 0 Å². The summed E-state index contributed by atoms with van der Waals surface area (Å²) in [6, 6.07) is 0. The standard InChI is InChI=1S/C14H24N2O/c17-14(13-7-4-9-15-11-13)16-10-8-12-5-2-1-3-6-12/h5,13,15H,1-4,6-11H2,(H,16,17)/t13-/m0/s1. The van der Waals surface area contributed by atoms with Crippen molar-refractivity contribution in [2.45, 2.75) is 44.9 Å². The van der Waals surface area contributed by atoms with Gasteiger partial charge in [0, 0.05) is 13.1 Å². The van der Waals surface area contributed by atoms with Crippen LogP contribution in [0.15, 0.2) is 11.6 Å². The SMILES string of the molecule is O=C(NCCC1=CCCCC1)[C@H]1CCCNC1. The molecule has 3 heteroatoms. The van der Waals surface area contributed by atoms with E-state index in [0.717, 1.165) is 38.9 Å². The van der Waals surface area contributed by atoms with E-state index >= 15 is 0 Å². The maximum atomic E-state index is 11.9. The van der Waals surface area contributed by atoms with Crippen LogP contribution in [0.1, 0.15) is 44.9 Å². The minimum absolute atomic E-state index is 0.198. The Bertz CT molecular complexity index is 280. The van der Waals surface area contributed by atoms with E-state index in [2.05, 4.69) is 16.7 Å². The summed E-state index contributed by atoms with van der Waals surface area (Å²) in [7, 11) is 0. The maximum absolute atomic E-state index is 11.9. The number of piperidine rings is 1. The average molecular weight is 236 g/mol. The molecule has 0 aromatic carbocycles. The third kappa shape index (κ3) is 4.15. The molecular weight excluding hydrogens is 212 g/mol. The second-order valence-corrected chi connectivity index (χ2v) is 5.19. The van der Waals surface area contributed by atoms with Gasteiger partial charge in [-0.1, -0.05) is 11.6 Å². The van der Waals surface area contributed by atoms with Gasteiger partial charge in [-0.05, 0) is 51.5 Å². The number of rotatable bonds is 4. The molecule has 1 amide bonds. The predicted octanol–water partition coefficient (Wildman–Crippen LogP) is 1.99. The van der Waals surface area contributed by atoms with Crippen molar-refractivity contribution in [3.8, 4) is 0 Å². The summed E-state index contributed by atoms with van der Waals surface area (Å²) < 4.78 is 0. The number of carbonyl (C=O) groups is 1. The summed E-state index contributed by atoms with van der Waals surface area (Å²) in [5.41, 5.74) is 1.54. The molecule has 0 bridgehead atoms. The van der Waals surface area contributed by atoms with Crippen LogP contribution in [0.3, 0.4) is 0 Å². The number of allylic oxidation sites excluding steroid dienone is 1. The van der Waals surface area contributed by atoms with Crippen molar-refractivity contribution in [3.63, 3.8) is 0 Å². The van der Waals surface area contributed by atoms with Crippen molar-refractivity contribution in [3.05, 3.63) is 11.6 Å². The van der Waals surface area contributed by atoms with Gasteiger partial charge in [0.05, 0.1) is 5.92 Å². The lowest BCUT2D eigenvalue weighted by molar-refractivity contribution is -0.125. The lowest BCUT2D eigenvalue weighted by atomic mass is 9.96. The molecule has 1 aliphatic heterocycles. The first-order valence-corrected chi connectivity index (χ1v) is 7.02. The van der Waals surface area contributed by atoms with E-state index < -0.39 is 0 Å². The molecule has 96 valence electrons. The minimum Gasteiger partial charge on any atom is -0.356 e. The summed E-state index contributed by atoms with van der Waals surface area (Å²) in [5.74, 6) is 0.442. The van der Waals surface area contributed by atoms with Crippen molar-refractivity contribution >= 4 is 5.91 Å². The fourth-order valence-electron chi connectivity index (χ4n) is 2.70. The van der Waals surface area contributed by atoms with Gasteiger partial charge in [0.1, 0.15) is 0 Å². The second kappa shape index (κ2) is 6.80. The number of carbonyl (C=O) groups excluding carboxylic acids is 1. The van der Waals surface area contributed by atoms with E-state index in [-0.39, 0.29) is 11.8 Å². The van der Waals surface area contributed by atoms with Crippen LogP contribution in [0.2, 0.25) is 0 Å². The largest absolute Gasteiger partial charge is 0.356 e. The molecule has 1 aliphatic carbocycles. The molecule has 1 fully saturated rings. The van der Waals surface area contributed by atoms with Crippen molar-refractivity contribution < 1.29 is 4.79 Å².